The molecule has 2 rings (SSSR count). The van der Waals surface area contributed by atoms with Crippen molar-refractivity contribution in [1.82, 2.24) is 5.32 Å². The van der Waals surface area contributed by atoms with Crippen LogP contribution in [0.3, 0.4) is 0 Å². The molecule has 106 valence electrons. The second-order valence-corrected chi connectivity index (χ2v) is 4.63. The molecule has 1 amide bonds. The van der Waals surface area contributed by atoms with Gasteiger partial charge < -0.3 is 15.4 Å². The number of likely N-dealkylation sites (N-methyl/N-ethyl adjacent to an activating group) is 1. The molecule has 0 heterocycles. The molecule has 19 heavy (non-hydrogen) atoms. The van der Waals surface area contributed by atoms with E-state index in [0.717, 1.165) is 24.3 Å². The molecule has 1 aliphatic carbocycles. The molecular weight excluding hydrogens is 264 g/mol. The third kappa shape index (κ3) is 5.09. The fraction of sp³-hybridized carbons (Fsp3) is 0.500. The molecule has 0 spiro atoms. The molecule has 1 saturated carbocycles. The van der Waals surface area contributed by atoms with Gasteiger partial charge in [-0.1, -0.05) is 0 Å². The molecule has 0 bridgehead atoms. The van der Waals surface area contributed by atoms with Crippen LogP contribution in [0.25, 0.3) is 0 Å². The number of benzene rings is 1. The smallest absolute Gasteiger partial charge is 0.238 e. The number of anilines is 1. The first kappa shape index (κ1) is 15.8. The molecule has 4 nitrogen and oxygen atoms in total. The van der Waals surface area contributed by atoms with E-state index in [1.165, 1.54) is 12.8 Å². The molecule has 0 radical (unpaired) electrons. The van der Waals surface area contributed by atoms with Crippen molar-refractivity contribution in [1.29, 1.82) is 0 Å². The fourth-order valence-corrected chi connectivity index (χ4v) is 2.18. The van der Waals surface area contributed by atoms with Crippen LogP contribution in [-0.4, -0.2) is 25.6 Å². The number of ether oxygens (including phenoxy) is 1. The van der Waals surface area contributed by atoms with Gasteiger partial charge in [-0.3, -0.25) is 4.79 Å². The summed E-state index contributed by atoms with van der Waals surface area (Å²) in [5.41, 5.74) is 0.800. The van der Waals surface area contributed by atoms with Gasteiger partial charge in [0.2, 0.25) is 5.91 Å². The zero-order chi connectivity index (χ0) is 12.8. The van der Waals surface area contributed by atoms with E-state index in [1.807, 2.05) is 24.3 Å². The second-order valence-electron chi connectivity index (χ2n) is 4.63. The Morgan fingerprint density at radius 2 is 1.89 bits per heavy atom. The normalized spacial score (nSPS) is 14.8. The van der Waals surface area contributed by atoms with Crippen molar-refractivity contribution in [3.63, 3.8) is 0 Å². The van der Waals surface area contributed by atoms with Gasteiger partial charge >= 0.3 is 0 Å². The zero-order valence-corrected chi connectivity index (χ0v) is 12.0. The van der Waals surface area contributed by atoms with E-state index in [4.69, 9.17) is 4.74 Å². The molecular formula is C14H21ClN2O2. The standard InChI is InChI=1S/C14H20N2O2.ClH/c1-15-10-14(17)16-11-6-8-13(9-7-11)18-12-4-2-3-5-12;/h6-9,12,15H,2-5,10H2,1H3,(H,16,17);1H. The highest BCUT2D eigenvalue weighted by molar-refractivity contribution is 5.92. The number of hydrogen-bond acceptors (Lipinski definition) is 3. The van der Waals surface area contributed by atoms with Gasteiger partial charge in [-0.25, -0.2) is 0 Å². The van der Waals surface area contributed by atoms with Crippen LogP contribution in [0, 0.1) is 0 Å². The molecule has 1 aromatic carbocycles. The van der Waals surface area contributed by atoms with Gasteiger partial charge in [-0.15, -0.1) is 12.4 Å². The highest BCUT2D eigenvalue weighted by Crippen LogP contribution is 2.24. The Morgan fingerprint density at radius 1 is 1.26 bits per heavy atom. The van der Waals surface area contributed by atoms with Crippen LogP contribution >= 0.6 is 12.4 Å². The fourth-order valence-electron chi connectivity index (χ4n) is 2.18. The summed E-state index contributed by atoms with van der Waals surface area (Å²) < 4.78 is 5.86. The predicted molar refractivity (Wildman–Crippen MR) is 79.1 cm³/mol. The largest absolute Gasteiger partial charge is 0.490 e. The number of carbonyl (C=O) groups excluding carboxylic acids is 1. The summed E-state index contributed by atoms with van der Waals surface area (Å²) in [6.45, 7) is 0.320. The Balaban J connectivity index is 0.00000180. The highest BCUT2D eigenvalue weighted by Gasteiger charge is 2.16. The summed E-state index contributed by atoms with van der Waals surface area (Å²) in [5.74, 6) is 0.843. The van der Waals surface area contributed by atoms with E-state index in [1.54, 1.807) is 7.05 Å². The van der Waals surface area contributed by atoms with Crippen molar-refractivity contribution >= 4 is 24.0 Å². The molecule has 0 atom stereocenters. The molecule has 0 aromatic heterocycles. The highest BCUT2D eigenvalue weighted by atomic mass is 35.5. The lowest BCUT2D eigenvalue weighted by atomic mass is 10.2. The first-order chi connectivity index (χ1) is 8.78. The van der Waals surface area contributed by atoms with E-state index in [9.17, 15) is 4.79 Å². The van der Waals surface area contributed by atoms with E-state index < -0.39 is 0 Å². The zero-order valence-electron chi connectivity index (χ0n) is 11.1. The summed E-state index contributed by atoms with van der Waals surface area (Å²) in [7, 11) is 1.75. The second kappa shape index (κ2) is 8.02. The van der Waals surface area contributed by atoms with E-state index in [0.29, 0.717) is 12.6 Å². The van der Waals surface area contributed by atoms with Crippen LogP contribution in [0.2, 0.25) is 0 Å². The van der Waals surface area contributed by atoms with Gasteiger partial charge in [0.1, 0.15) is 5.75 Å². The maximum Gasteiger partial charge on any atom is 0.238 e. The molecule has 2 N–H and O–H groups in total. The molecule has 0 saturated heterocycles. The number of carbonyl (C=O) groups is 1. The van der Waals surface area contributed by atoms with Crippen molar-refractivity contribution in [3.05, 3.63) is 24.3 Å². The summed E-state index contributed by atoms with van der Waals surface area (Å²) >= 11 is 0. The lowest BCUT2D eigenvalue weighted by molar-refractivity contribution is -0.115. The average molecular weight is 285 g/mol. The number of rotatable bonds is 5. The lowest BCUT2D eigenvalue weighted by Gasteiger charge is -2.13. The first-order valence-corrected chi connectivity index (χ1v) is 6.49. The van der Waals surface area contributed by atoms with Crippen molar-refractivity contribution in [2.45, 2.75) is 31.8 Å². The first-order valence-electron chi connectivity index (χ1n) is 6.49. The van der Waals surface area contributed by atoms with Gasteiger partial charge in [0.25, 0.3) is 0 Å². The molecule has 1 fully saturated rings. The van der Waals surface area contributed by atoms with E-state index in [2.05, 4.69) is 10.6 Å². The third-order valence-electron chi connectivity index (χ3n) is 3.08. The minimum absolute atomic E-state index is 0. The maximum absolute atomic E-state index is 11.4. The molecule has 0 aliphatic heterocycles. The summed E-state index contributed by atoms with van der Waals surface area (Å²) in [6, 6.07) is 7.57. The third-order valence-corrected chi connectivity index (χ3v) is 3.08. The van der Waals surface area contributed by atoms with Crippen molar-refractivity contribution in [2.24, 2.45) is 0 Å². The summed E-state index contributed by atoms with van der Waals surface area (Å²) in [6.07, 6.45) is 5.21. The SMILES string of the molecule is CNCC(=O)Nc1ccc(OC2CCCC2)cc1.Cl. The van der Waals surface area contributed by atoms with Crippen molar-refractivity contribution in [2.75, 3.05) is 18.9 Å². The van der Waals surface area contributed by atoms with Crippen LogP contribution in [0.1, 0.15) is 25.7 Å². The Bertz CT molecular complexity index is 389. The summed E-state index contributed by atoms with van der Waals surface area (Å²) in [4.78, 5) is 11.4. The van der Waals surface area contributed by atoms with Crippen LogP contribution < -0.4 is 15.4 Å². The van der Waals surface area contributed by atoms with Crippen LogP contribution in [0.15, 0.2) is 24.3 Å². The number of halogens is 1. The maximum atomic E-state index is 11.4. The number of nitrogens with one attached hydrogen (secondary N) is 2. The molecule has 1 aromatic rings. The van der Waals surface area contributed by atoms with Gasteiger partial charge in [-0.05, 0) is 57.0 Å². The van der Waals surface area contributed by atoms with Crippen molar-refractivity contribution < 1.29 is 9.53 Å². The topological polar surface area (TPSA) is 50.4 Å². The average Bonchev–Trinajstić information content (AvgIpc) is 2.85. The van der Waals surface area contributed by atoms with Crippen LogP contribution in [0.4, 0.5) is 5.69 Å². The van der Waals surface area contributed by atoms with Gasteiger partial charge in [0, 0.05) is 5.69 Å². The number of hydrogen-bond donors (Lipinski definition) is 2. The Labute approximate surface area is 120 Å². The Kier molecular flexibility index (Phi) is 6.67. The minimum Gasteiger partial charge on any atom is -0.490 e. The Hall–Kier alpha value is -1.26. The van der Waals surface area contributed by atoms with Gasteiger partial charge in [0.15, 0.2) is 0 Å². The molecule has 0 unspecified atom stereocenters. The monoisotopic (exact) mass is 284 g/mol. The van der Waals surface area contributed by atoms with Gasteiger partial charge in [0.05, 0.1) is 12.6 Å². The van der Waals surface area contributed by atoms with E-state index in [-0.39, 0.29) is 18.3 Å². The van der Waals surface area contributed by atoms with Crippen LogP contribution in [-0.2, 0) is 4.79 Å². The summed E-state index contributed by atoms with van der Waals surface area (Å²) in [5, 5.41) is 5.62. The number of amides is 1. The quantitative estimate of drug-likeness (QED) is 0.874. The molecule has 1 aliphatic rings. The predicted octanol–water partition coefficient (Wildman–Crippen LogP) is 2.59. The van der Waals surface area contributed by atoms with Crippen molar-refractivity contribution in [3.8, 4) is 5.75 Å². The lowest BCUT2D eigenvalue weighted by Crippen LogP contribution is -2.24. The van der Waals surface area contributed by atoms with Gasteiger partial charge in [-0.2, -0.15) is 0 Å². The molecule has 5 heteroatoms. The Morgan fingerprint density at radius 3 is 2.47 bits per heavy atom. The van der Waals surface area contributed by atoms with E-state index >= 15 is 0 Å². The minimum atomic E-state index is -0.0399. The van der Waals surface area contributed by atoms with Crippen LogP contribution in [0.5, 0.6) is 5.75 Å².